The number of halogens is 1. The van der Waals surface area contributed by atoms with Crippen LogP contribution in [0.5, 0.6) is 5.75 Å². The normalized spacial score (nSPS) is 10.6. The molecule has 0 aliphatic heterocycles. The third-order valence-electron chi connectivity index (χ3n) is 2.29. The van der Waals surface area contributed by atoms with E-state index in [0.717, 1.165) is 22.2 Å². The molecule has 0 atom stereocenters. The summed E-state index contributed by atoms with van der Waals surface area (Å²) in [7, 11) is 1.61. The number of nitrogens with two attached hydrogens (primary N) is 1. The first-order chi connectivity index (χ1) is 7.13. The average molecular weight is 224 g/mol. The highest BCUT2D eigenvalue weighted by molar-refractivity contribution is 6.28. The maximum absolute atomic E-state index is 5.75. The molecule has 0 aliphatic carbocycles. The van der Waals surface area contributed by atoms with Gasteiger partial charge in [-0.15, -0.1) is 0 Å². The molecule has 2 rings (SSSR count). The Bertz CT molecular complexity index is 528. The van der Waals surface area contributed by atoms with E-state index in [1.165, 1.54) is 0 Å². The molecule has 78 valence electrons. The third-order valence-corrected chi connectivity index (χ3v) is 2.46. The number of hydrogen-bond acceptors (Lipinski definition) is 4. The van der Waals surface area contributed by atoms with Crippen molar-refractivity contribution in [2.24, 2.45) is 0 Å². The van der Waals surface area contributed by atoms with Gasteiger partial charge in [-0.3, -0.25) is 0 Å². The number of aryl methyl sites for hydroxylation is 1. The summed E-state index contributed by atoms with van der Waals surface area (Å²) in [4.78, 5) is 8.03. The fraction of sp³-hybridized carbons (Fsp3) is 0.200. The standard InChI is InChI=1S/C10H10ClN3O/c1-5-7(15-2)4-3-6-8(5)13-10(11)14-9(6)12/h3-4H,1-2H3,(H2,12,13,14). The van der Waals surface area contributed by atoms with E-state index in [0.29, 0.717) is 5.82 Å². The predicted molar refractivity (Wildman–Crippen MR) is 60.2 cm³/mol. The van der Waals surface area contributed by atoms with E-state index in [4.69, 9.17) is 22.1 Å². The second-order valence-corrected chi connectivity index (χ2v) is 3.50. The molecule has 2 N–H and O–H groups in total. The number of rotatable bonds is 1. The summed E-state index contributed by atoms with van der Waals surface area (Å²) in [6.45, 7) is 1.91. The van der Waals surface area contributed by atoms with Gasteiger partial charge in [-0.1, -0.05) is 0 Å². The van der Waals surface area contributed by atoms with Crippen molar-refractivity contribution < 1.29 is 4.74 Å². The smallest absolute Gasteiger partial charge is 0.224 e. The van der Waals surface area contributed by atoms with E-state index >= 15 is 0 Å². The summed E-state index contributed by atoms with van der Waals surface area (Å²) in [6, 6.07) is 3.66. The van der Waals surface area contributed by atoms with E-state index in [1.54, 1.807) is 7.11 Å². The van der Waals surface area contributed by atoms with Crippen molar-refractivity contribution in [3.63, 3.8) is 0 Å². The van der Waals surface area contributed by atoms with Gasteiger partial charge in [0.2, 0.25) is 5.28 Å². The fourth-order valence-electron chi connectivity index (χ4n) is 1.53. The molecule has 0 spiro atoms. The van der Waals surface area contributed by atoms with Crippen molar-refractivity contribution >= 4 is 28.3 Å². The van der Waals surface area contributed by atoms with E-state index in [2.05, 4.69) is 9.97 Å². The summed E-state index contributed by atoms with van der Waals surface area (Å²) in [5, 5.41) is 0.939. The van der Waals surface area contributed by atoms with E-state index in [-0.39, 0.29) is 5.28 Å². The van der Waals surface area contributed by atoms with Crippen molar-refractivity contribution in [1.82, 2.24) is 9.97 Å². The van der Waals surface area contributed by atoms with Crippen LogP contribution in [0.2, 0.25) is 5.28 Å². The van der Waals surface area contributed by atoms with Crippen LogP contribution in [-0.2, 0) is 0 Å². The van der Waals surface area contributed by atoms with Gasteiger partial charge in [0.05, 0.1) is 12.6 Å². The Morgan fingerprint density at radius 1 is 1.33 bits per heavy atom. The molecule has 0 bridgehead atoms. The number of fused-ring (bicyclic) bond motifs is 1. The monoisotopic (exact) mass is 223 g/mol. The van der Waals surface area contributed by atoms with Gasteiger partial charge in [0.25, 0.3) is 0 Å². The molecular weight excluding hydrogens is 214 g/mol. The van der Waals surface area contributed by atoms with Gasteiger partial charge >= 0.3 is 0 Å². The lowest BCUT2D eigenvalue weighted by Crippen LogP contribution is -1.97. The SMILES string of the molecule is COc1ccc2c(N)nc(Cl)nc2c1C. The van der Waals surface area contributed by atoms with Gasteiger partial charge in [0.1, 0.15) is 11.6 Å². The molecule has 2 aromatic rings. The summed E-state index contributed by atoms with van der Waals surface area (Å²) >= 11 is 5.75. The van der Waals surface area contributed by atoms with Crippen LogP contribution in [0, 0.1) is 6.92 Å². The molecule has 0 saturated heterocycles. The minimum atomic E-state index is 0.149. The first-order valence-corrected chi connectivity index (χ1v) is 4.77. The van der Waals surface area contributed by atoms with Crippen LogP contribution in [0.4, 0.5) is 5.82 Å². The number of aromatic nitrogens is 2. The average Bonchev–Trinajstić information content (AvgIpc) is 2.19. The Labute approximate surface area is 92.0 Å². The number of methoxy groups -OCH3 is 1. The first kappa shape index (κ1) is 9.98. The second kappa shape index (κ2) is 3.55. The zero-order chi connectivity index (χ0) is 11.0. The number of nitrogen functional groups attached to an aromatic ring is 1. The maximum atomic E-state index is 5.75. The van der Waals surface area contributed by atoms with Crippen LogP contribution in [0.1, 0.15) is 5.56 Å². The Morgan fingerprint density at radius 2 is 2.07 bits per heavy atom. The lowest BCUT2D eigenvalue weighted by molar-refractivity contribution is 0.412. The number of nitrogens with zero attached hydrogens (tertiary/aromatic N) is 2. The quantitative estimate of drug-likeness (QED) is 0.753. The second-order valence-electron chi connectivity index (χ2n) is 3.17. The third kappa shape index (κ3) is 1.57. The highest BCUT2D eigenvalue weighted by Crippen LogP contribution is 2.28. The number of hydrogen-bond donors (Lipinski definition) is 1. The number of benzene rings is 1. The fourth-order valence-corrected chi connectivity index (χ4v) is 1.71. The predicted octanol–water partition coefficient (Wildman–Crippen LogP) is 2.18. The molecule has 1 heterocycles. The van der Waals surface area contributed by atoms with Gasteiger partial charge in [-0.25, -0.2) is 9.97 Å². The highest BCUT2D eigenvalue weighted by atomic mass is 35.5. The molecule has 15 heavy (non-hydrogen) atoms. The van der Waals surface area contributed by atoms with E-state index in [9.17, 15) is 0 Å². The molecule has 1 aromatic carbocycles. The summed E-state index contributed by atoms with van der Waals surface area (Å²) in [5.41, 5.74) is 7.38. The molecule has 0 amide bonds. The summed E-state index contributed by atoms with van der Waals surface area (Å²) < 4.78 is 5.19. The van der Waals surface area contributed by atoms with Crippen LogP contribution in [0.15, 0.2) is 12.1 Å². The van der Waals surface area contributed by atoms with Gasteiger partial charge in [-0.05, 0) is 30.7 Å². The highest BCUT2D eigenvalue weighted by Gasteiger charge is 2.09. The van der Waals surface area contributed by atoms with E-state index in [1.807, 2.05) is 19.1 Å². The minimum Gasteiger partial charge on any atom is -0.496 e. The van der Waals surface area contributed by atoms with Crippen LogP contribution in [0.25, 0.3) is 10.9 Å². The van der Waals surface area contributed by atoms with Gasteiger partial charge in [-0.2, -0.15) is 0 Å². The molecule has 5 heteroatoms. The Kier molecular flexibility index (Phi) is 2.36. The number of anilines is 1. The molecule has 4 nitrogen and oxygen atoms in total. The van der Waals surface area contributed by atoms with Crippen LogP contribution in [-0.4, -0.2) is 17.1 Å². The van der Waals surface area contributed by atoms with Gasteiger partial charge in [0, 0.05) is 10.9 Å². The molecule has 0 saturated carbocycles. The zero-order valence-electron chi connectivity index (χ0n) is 8.41. The van der Waals surface area contributed by atoms with Crippen LogP contribution >= 0.6 is 11.6 Å². The molecule has 0 unspecified atom stereocenters. The summed E-state index contributed by atoms with van der Waals surface area (Å²) in [6.07, 6.45) is 0. The van der Waals surface area contributed by atoms with Crippen molar-refractivity contribution in [3.05, 3.63) is 23.0 Å². The first-order valence-electron chi connectivity index (χ1n) is 4.40. The lowest BCUT2D eigenvalue weighted by atomic mass is 10.1. The largest absolute Gasteiger partial charge is 0.496 e. The van der Waals surface area contributed by atoms with Crippen molar-refractivity contribution in [3.8, 4) is 5.75 Å². The molecule has 0 aliphatic rings. The zero-order valence-corrected chi connectivity index (χ0v) is 9.17. The minimum absolute atomic E-state index is 0.149. The Hall–Kier alpha value is -1.55. The lowest BCUT2D eigenvalue weighted by Gasteiger charge is -2.08. The Morgan fingerprint density at radius 3 is 2.73 bits per heavy atom. The van der Waals surface area contributed by atoms with Crippen molar-refractivity contribution in [2.45, 2.75) is 6.92 Å². The molecule has 0 fully saturated rings. The molecule has 1 aromatic heterocycles. The maximum Gasteiger partial charge on any atom is 0.224 e. The van der Waals surface area contributed by atoms with Gasteiger partial charge in [0.15, 0.2) is 0 Å². The van der Waals surface area contributed by atoms with Gasteiger partial charge < -0.3 is 10.5 Å². The van der Waals surface area contributed by atoms with Crippen LogP contribution < -0.4 is 10.5 Å². The van der Waals surface area contributed by atoms with Crippen molar-refractivity contribution in [2.75, 3.05) is 12.8 Å². The van der Waals surface area contributed by atoms with Crippen LogP contribution in [0.3, 0.4) is 0 Å². The van der Waals surface area contributed by atoms with E-state index < -0.39 is 0 Å². The Balaban J connectivity index is 2.86. The molecular formula is C10H10ClN3O. The molecule has 0 radical (unpaired) electrons. The summed E-state index contributed by atoms with van der Waals surface area (Å²) in [5.74, 6) is 1.15. The number of ether oxygens (including phenoxy) is 1. The van der Waals surface area contributed by atoms with Crippen molar-refractivity contribution in [1.29, 1.82) is 0 Å². The topological polar surface area (TPSA) is 61.0 Å².